The maximum absolute atomic E-state index is 4.34. The van der Waals surface area contributed by atoms with Gasteiger partial charge in [-0.2, -0.15) is 0 Å². The van der Waals surface area contributed by atoms with E-state index in [0.717, 1.165) is 18.2 Å². The standard InChI is InChI=1S/C12H18N2/c1-10(12-7-2-3-8-13-12)14-9-11-5-4-6-11/h2-3,7-8,10-11,14H,4-6,9H2,1H3/t10-/m0/s1. The number of pyridine rings is 1. The summed E-state index contributed by atoms with van der Waals surface area (Å²) < 4.78 is 0. The zero-order chi connectivity index (χ0) is 9.80. The molecule has 1 aliphatic carbocycles. The summed E-state index contributed by atoms with van der Waals surface area (Å²) in [6, 6.07) is 6.47. The molecule has 0 saturated heterocycles. The summed E-state index contributed by atoms with van der Waals surface area (Å²) in [5, 5.41) is 3.54. The number of hydrogen-bond donors (Lipinski definition) is 1. The minimum absolute atomic E-state index is 0.386. The Kier molecular flexibility index (Phi) is 3.14. The van der Waals surface area contributed by atoms with Gasteiger partial charge >= 0.3 is 0 Å². The molecule has 2 nitrogen and oxygen atoms in total. The van der Waals surface area contributed by atoms with E-state index < -0.39 is 0 Å². The van der Waals surface area contributed by atoms with Crippen molar-refractivity contribution in [2.75, 3.05) is 6.54 Å². The van der Waals surface area contributed by atoms with Gasteiger partial charge in [-0.15, -0.1) is 0 Å². The highest BCUT2D eigenvalue weighted by Gasteiger charge is 2.17. The van der Waals surface area contributed by atoms with E-state index in [1.807, 2.05) is 18.3 Å². The molecule has 0 bridgehead atoms. The Morgan fingerprint density at radius 1 is 1.50 bits per heavy atom. The van der Waals surface area contributed by atoms with Gasteiger partial charge in [0.05, 0.1) is 5.69 Å². The maximum Gasteiger partial charge on any atom is 0.0570 e. The lowest BCUT2D eigenvalue weighted by atomic mass is 9.85. The number of rotatable bonds is 4. The maximum atomic E-state index is 4.34. The van der Waals surface area contributed by atoms with Gasteiger partial charge in [-0.3, -0.25) is 4.98 Å². The average Bonchev–Trinajstić information content (AvgIpc) is 2.16. The van der Waals surface area contributed by atoms with Crippen LogP contribution in [0.25, 0.3) is 0 Å². The molecular formula is C12H18N2. The number of hydrogen-bond acceptors (Lipinski definition) is 2. The van der Waals surface area contributed by atoms with Gasteiger partial charge in [0.25, 0.3) is 0 Å². The lowest BCUT2D eigenvalue weighted by Crippen LogP contribution is -2.29. The molecule has 1 atom stereocenters. The van der Waals surface area contributed by atoms with Gasteiger partial charge in [-0.05, 0) is 44.4 Å². The molecule has 0 aliphatic heterocycles. The lowest BCUT2D eigenvalue weighted by molar-refractivity contribution is 0.291. The van der Waals surface area contributed by atoms with Crippen LogP contribution in [0.3, 0.4) is 0 Å². The van der Waals surface area contributed by atoms with Gasteiger partial charge in [0.1, 0.15) is 0 Å². The predicted octanol–water partition coefficient (Wildman–Crippen LogP) is 2.53. The molecule has 0 amide bonds. The SMILES string of the molecule is C[C@H](NCC1CCC1)c1ccccn1. The first-order valence-electron chi connectivity index (χ1n) is 5.50. The summed E-state index contributed by atoms with van der Waals surface area (Å²) in [5.41, 5.74) is 1.15. The zero-order valence-electron chi connectivity index (χ0n) is 8.74. The molecule has 1 N–H and O–H groups in total. The smallest absolute Gasteiger partial charge is 0.0570 e. The fourth-order valence-electron chi connectivity index (χ4n) is 1.78. The van der Waals surface area contributed by atoms with Crippen molar-refractivity contribution in [2.45, 2.75) is 32.2 Å². The Hall–Kier alpha value is -0.890. The molecule has 1 saturated carbocycles. The normalized spacial score (nSPS) is 18.9. The van der Waals surface area contributed by atoms with Crippen molar-refractivity contribution in [2.24, 2.45) is 5.92 Å². The quantitative estimate of drug-likeness (QED) is 0.789. The summed E-state index contributed by atoms with van der Waals surface area (Å²) in [5.74, 6) is 0.918. The highest BCUT2D eigenvalue weighted by molar-refractivity contribution is 5.07. The third kappa shape index (κ3) is 2.32. The van der Waals surface area contributed by atoms with Crippen LogP contribution in [0.4, 0.5) is 0 Å². The van der Waals surface area contributed by atoms with Crippen LogP contribution in [-0.2, 0) is 0 Å². The first kappa shape index (κ1) is 9.66. The van der Waals surface area contributed by atoms with Crippen molar-refractivity contribution >= 4 is 0 Å². The molecule has 1 aromatic heterocycles. The first-order valence-corrected chi connectivity index (χ1v) is 5.50. The van der Waals surface area contributed by atoms with Crippen molar-refractivity contribution in [1.29, 1.82) is 0 Å². The van der Waals surface area contributed by atoms with E-state index in [0.29, 0.717) is 6.04 Å². The monoisotopic (exact) mass is 190 g/mol. The Morgan fingerprint density at radius 2 is 2.36 bits per heavy atom. The van der Waals surface area contributed by atoms with Gasteiger partial charge in [0, 0.05) is 12.2 Å². The third-order valence-electron chi connectivity index (χ3n) is 3.07. The molecule has 0 spiro atoms. The van der Waals surface area contributed by atoms with Crippen molar-refractivity contribution in [3.63, 3.8) is 0 Å². The van der Waals surface area contributed by atoms with Crippen LogP contribution in [0.15, 0.2) is 24.4 Å². The number of aromatic nitrogens is 1. The second-order valence-electron chi connectivity index (χ2n) is 4.18. The molecule has 1 aromatic rings. The second kappa shape index (κ2) is 4.56. The Labute approximate surface area is 85.7 Å². The van der Waals surface area contributed by atoms with Crippen LogP contribution in [0, 0.1) is 5.92 Å². The van der Waals surface area contributed by atoms with Crippen LogP contribution in [-0.4, -0.2) is 11.5 Å². The molecule has 1 aliphatic rings. The fraction of sp³-hybridized carbons (Fsp3) is 0.583. The van der Waals surface area contributed by atoms with Crippen LogP contribution in [0.2, 0.25) is 0 Å². The van der Waals surface area contributed by atoms with E-state index in [-0.39, 0.29) is 0 Å². The van der Waals surface area contributed by atoms with Gasteiger partial charge in [0.2, 0.25) is 0 Å². The van der Waals surface area contributed by atoms with Crippen LogP contribution in [0.5, 0.6) is 0 Å². The second-order valence-corrected chi connectivity index (χ2v) is 4.18. The van der Waals surface area contributed by atoms with E-state index in [1.54, 1.807) is 0 Å². The van der Waals surface area contributed by atoms with E-state index in [2.05, 4.69) is 23.3 Å². The number of nitrogens with zero attached hydrogens (tertiary/aromatic N) is 1. The average molecular weight is 190 g/mol. The predicted molar refractivity (Wildman–Crippen MR) is 58.0 cm³/mol. The number of nitrogens with one attached hydrogen (secondary N) is 1. The van der Waals surface area contributed by atoms with Crippen molar-refractivity contribution in [3.8, 4) is 0 Å². The fourth-order valence-corrected chi connectivity index (χ4v) is 1.78. The molecule has 0 radical (unpaired) electrons. The molecule has 76 valence electrons. The molecular weight excluding hydrogens is 172 g/mol. The molecule has 0 aromatic carbocycles. The molecule has 14 heavy (non-hydrogen) atoms. The van der Waals surface area contributed by atoms with E-state index in [9.17, 15) is 0 Å². The summed E-state index contributed by atoms with van der Waals surface area (Å²) in [6.45, 7) is 3.33. The first-order chi connectivity index (χ1) is 6.86. The van der Waals surface area contributed by atoms with Gasteiger partial charge in [-0.1, -0.05) is 12.5 Å². The van der Waals surface area contributed by atoms with E-state index in [4.69, 9.17) is 0 Å². The minimum atomic E-state index is 0.386. The Morgan fingerprint density at radius 3 is 2.93 bits per heavy atom. The summed E-state index contributed by atoms with van der Waals surface area (Å²) in [7, 11) is 0. The van der Waals surface area contributed by atoms with Crippen molar-refractivity contribution in [1.82, 2.24) is 10.3 Å². The van der Waals surface area contributed by atoms with Gasteiger partial charge in [0.15, 0.2) is 0 Å². The lowest BCUT2D eigenvalue weighted by Gasteiger charge is -2.27. The minimum Gasteiger partial charge on any atom is -0.309 e. The van der Waals surface area contributed by atoms with E-state index in [1.165, 1.54) is 19.3 Å². The Bertz CT molecular complexity index is 267. The topological polar surface area (TPSA) is 24.9 Å². The van der Waals surface area contributed by atoms with Crippen LogP contribution < -0.4 is 5.32 Å². The van der Waals surface area contributed by atoms with Gasteiger partial charge in [-0.25, -0.2) is 0 Å². The third-order valence-corrected chi connectivity index (χ3v) is 3.07. The summed E-state index contributed by atoms with van der Waals surface area (Å²) >= 11 is 0. The zero-order valence-corrected chi connectivity index (χ0v) is 8.74. The van der Waals surface area contributed by atoms with E-state index >= 15 is 0 Å². The van der Waals surface area contributed by atoms with Crippen LogP contribution >= 0.6 is 0 Å². The van der Waals surface area contributed by atoms with Crippen molar-refractivity contribution < 1.29 is 0 Å². The molecule has 0 unspecified atom stereocenters. The highest BCUT2D eigenvalue weighted by atomic mass is 14.9. The van der Waals surface area contributed by atoms with Gasteiger partial charge < -0.3 is 5.32 Å². The molecule has 2 rings (SSSR count). The summed E-state index contributed by atoms with van der Waals surface area (Å²) in [4.78, 5) is 4.34. The largest absolute Gasteiger partial charge is 0.309 e. The highest BCUT2D eigenvalue weighted by Crippen LogP contribution is 2.25. The van der Waals surface area contributed by atoms with Crippen LogP contribution in [0.1, 0.15) is 37.9 Å². The summed E-state index contributed by atoms with van der Waals surface area (Å²) in [6.07, 6.45) is 6.09. The molecule has 2 heteroatoms. The van der Waals surface area contributed by atoms with Crippen molar-refractivity contribution in [3.05, 3.63) is 30.1 Å². The Balaban J connectivity index is 1.80. The molecule has 1 heterocycles. The molecule has 1 fully saturated rings.